The fourth-order valence-electron chi connectivity index (χ4n) is 1.17. The van der Waals surface area contributed by atoms with Gasteiger partial charge in [0.25, 0.3) is 6.43 Å². The second-order valence-corrected chi connectivity index (χ2v) is 4.36. The molecule has 1 aromatic heterocycles. The van der Waals surface area contributed by atoms with Crippen LogP contribution in [0, 0.1) is 6.92 Å². The summed E-state index contributed by atoms with van der Waals surface area (Å²) in [5.41, 5.74) is 5.50. The Bertz CT molecular complexity index is 276. The van der Waals surface area contributed by atoms with E-state index in [1.165, 1.54) is 0 Å². The molecule has 0 saturated carbocycles. The summed E-state index contributed by atoms with van der Waals surface area (Å²) < 4.78 is 23.9. The summed E-state index contributed by atoms with van der Waals surface area (Å²) in [4.78, 5) is 2.18. The first kappa shape index (κ1) is 11.6. The lowest BCUT2D eigenvalue weighted by Crippen LogP contribution is -2.31. The van der Waals surface area contributed by atoms with Crippen molar-refractivity contribution >= 4 is 11.3 Å². The number of alkyl halides is 2. The molecule has 14 heavy (non-hydrogen) atoms. The summed E-state index contributed by atoms with van der Waals surface area (Å²) in [5, 5.41) is 2.73. The van der Waals surface area contributed by atoms with E-state index in [-0.39, 0.29) is 12.6 Å². The highest BCUT2D eigenvalue weighted by atomic mass is 32.1. The highest BCUT2D eigenvalue weighted by Crippen LogP contribution is 2.21. The number of aryl methyl sites for hydroxylation is 1. The minimum absolute atomic E-state index is 0.150. The lowest BCUT2D eigenvalue weighted by atomic mass is 10.2. The first-order chi connectivity index (χ1) is 6.63. The third-order valence-corrected chi connectivity index (χ3v) is 2.97. The van der Waals surface area contributed by atoms with Crippen LogP contribution in [-0.4, -0.2) is 19.5 Å². The Morgan fingerprint density at radius 1 is 1.50 bits per heavy atom. The number of nitrogens with one attached hydrogen (secondary N) is 1. The Kier molecular flexibility index (Phi) is 4.44. The van der Waals surface area contributed by atoms with E-state index in [0.717, 1.165) is 9.75 Å². The number of hydrogen-bond donors (Lipinski definition) is 2. The average molecular weight is 220 g/mol. The maximum atomic E-state index is 12.0. The Labute approximate surface area is 86.1 Å². The standard InChI is InChI=1S/C9H14F2N2S/c1-6-2-3-8(14-6)7(4-12)13-5-9(10)11/h2-3,7,9,13H,4-5,12H2,1H3. The van der Waals surface area contributed by atoms with Crippen LogP contribution in [-0.2, 0) is 0 Å². The van der Waals surface area contributed by atoms with Gasteiger partial charge in [0.2, 0.25) is 0 Å². The number of rotatable bonds is 5. The normalized spacial score (nSPS) is 13.5. The highest BCUT2D eigenvalue weighted by Gasteiger charge is 2.12. The van der Waals surface area contributed by atoms with E-state index in [9.17, 15) is 8.78 Å². The number of nitrogens with two attached hydrogens (primary N) is 1. The van der Waals surface area contributed by atoms with Gasteiger partial charge in [-0.25, -0.2) is 8.78 Å². The maximum Gasteiger partial charge on any atom is 0.250 e. The van der Waals surface area contributed by atoms with E-state index in [0.29, 0.717) is 6.54 Å². The van der Waals surface area contributed by atoms with Crippen LogP contribution in [0.4, 0.5) is 8.78 Å². The molecule has 1 aromatic rings. The van der Waals surface area contributed by atoms with Crippen molar-refractivity contribution in [2.75, 3.05) is 13.1 Å². The van der Waals surface area contributed by atoms with Crippen LogP contribution in [0.2, 0.25) is 0 Å². The summed E-state index contributed by atoms with van der Waals surface area (Å²) in [7, 11) is 0. The molecule has 3 N–H and O–H groups in total. The van der Waals surface area contributed by atoms with Crippen molar-refractivity contribution in [2.24, 2.45) is 5.73 Å². The monoisotopic (exact) mass is 220 g/mol. The molecule has 1 rings (SSSR count). The van der Waals surface area contributed by atoms with Crippen molar-refractivity contribution in [3.63, 3.8) is 0 Å². The molecule has 0 aromatic carbocycles. The summed E-state index contributed by atoms with van der Waals surface area (Å²) in [5.74, 6) is 0. The predicted octanol–water partition coefficient (Wildman–Crippen LogP) is 1.91. The molecule has 0 bridgehead atoms. The number of hydrogen-bond acceptors (Lipinski definition) is 3. The average Bonchev–Trinajstić information content (AvgIpc) is 2.53. The van der Waals surface area contributed by atoms with Crippen molar-refractivity contribution in [2.45, 2.75) is 19.4 Å². The second-order valence-electron chi connectivity index (χ2n) is 3.04. The van der Waals surface area contributed by atoms with Crippen LogP contribution >= 0.6 is 11.3 Å². The molecule has 0 spiro atoms. The van der Waals surface area contributed by atoms with Crippen LogP contribution < -0.4 is 11.1 Å². The molecule has 5 heteroatoms. The lowest BCUT2D eigenvalue weighted by Gasteiger charge is -2.14. The topological polar surface area (TPSA) is 38.0 Å². The minimum Gasteiger partial charge on any atom is -0.329 e. The zero-order valence-electron chi connectivity index (χ0n) is 7.97. The van der Waals surface area contributed by atoms with Crippen molar-refractivity contribution in [1.29, 1.82) is 0 Å². The first-order valence-corrected chi connectivity index (χ1v) is 5.23. The van der Waals surface area contributed by atoms with Gasteiger partial charge in [-0.1, -0.05) is 0 Å². The molecule has 1 heterocycles. The van der Waals surface area contributed by atoms with E-state index in [4.69, 9.17) is 5.73 Å². The molecular formula is C9H14F2N2S. The maximum absolute atomic E-state index is 12.0. The van der Waals surface area contributed by atoms with Crippen LogP contribution in [0.1, 0.15) is 15.8 Å². The van der Waals surface area contributed by atoms with Crippen LogP contribution in [0.15, 0.2) is 12.1 Å². The van der Waals surface area contributed by atoms with E-state index < -0.39 is 6.43 Å². The van der Waals surface area contributed by atoms with Crippen molar-refractivity contribution < 1.29 is 8.78 Å². The summed E-state index contributed by atoms with van der Waals surface area (Å²) in [6.07, 6.45) is -2.33. The molecule has 0 fully saturated rings. The van der Waals surface area contributed by atoms with Gasteiger partial charge < -0.3 is 11.1 Å². The largest absolute Gasteiger partial charge is 0.329 e. The van der Waals surface area contributed by atoms with E-state index in [1.807, 2.05) is 19.1 Å². The smallest absolute Gasteiger partial charge is 0.250 e. The molecule has 0 aliphatic heterocycles. The second kappa shape index (κ2) is 5.38. The molecule has 0 saturated heterocycles. The zero-order valence-corrected chi connectivity index (χ0v) is 8.78. The fraction of sp³-hybridized carbons (Fsp3) is 0.556. The molecule has 0 amide bonds. The quantitative estimate of drug-likeness (QED) is 0.795. The van der Waals surface area contributed by atoms with E-state index in [1.54, 1.807) is 11.3 Å². The van der Waals surface area contributed by atoms with Crippen molar-refractivity contribution in [3.8, 4) is 0 Å². The third kappa shape index (κ3) is 3.32. The zero-order chi connectivity index (χ0) is 10.6. The summed E-state index contributed by atoms with van der Waals surface area (Å²) in [6.45, 7) is 2.01. The molecule has 0 aliphatic carbocycles. The molecule has 2 nitrogen and oxygen atoms in total. The van der Waals surface area contributed by atoms with Crippen LogP contribution in [0.25, 0.3) is 0 Å². The molecule has 0 aliphatic rings. The summed E-state index contributed by atoms with van der Waals surface area (Å²) >= 11 is 1.58. The number of thiophene rings is 1. The number of halogens is 2. The Hall–Kier alpha value is -0.520. The van der Waals surface area contributed by atoms with Crippen molar-refractivity contribution in [1.82, 2.24) is 5.32 Å². The van der Waals surface area contributed by atoms with Gasteiger partial charge in [0.1, 0.15) is 0 Å². The van der Waals surface area contributed by atoms with Gasteiger partial charge in [0, 0.05) is 16.3 Å². The lowest BCUT2D eigenvalue weighted by molar-refractivity contribution is 0.142. The Morgan fingerprint density at radius 3 is 2.64 bits per heavy atom. The van der Waals surface area contributed by atoms with Gasteiger partial charge in [-0.2, -0.15) is 0 Å². The molecule has 1 atom stereocenters. The minimum atomic E-state index is -2.33. The highest BCUT2D eigenvalue weighted by molar-refractivity contribution is 7.12. The molecule has 0 radical (unpaired) electrons. The van der Waals surface area contributed by atoms with Gasteiger partial charge in [0.05, 0.1) is 12.6 Å². The Balaban J connectivity index is 2.54. The SMILES string of the molecule is Cc1ccc(C(CN)NCC(F)F)s1. The molecule has 1 unspecified atom stereocenters. The van der Waals surface area contributed by atoms with Crippen molar-refractivity contribution in [3.05, 3.63) is 21.9 Å². The van der Waals surface area contributed by atoms with Gasteiger partial charge in [-0.15, -0.1) is 11.3 Å². The summed E-state index contributed by atoms with van der Waals surface area (Å²) in [6, 6.07) is 3.74. The molecule has 80 valence electrons. The Morgan fingerprint density at radius 2 is 2.21 bits per heavy atom. The van der Waals surface area contributed by atoms with Gasteiger partial charge in [-0.3, -0.25) is 0 Å². The van der Waals surface area contributed by atoms with Crippen LogP contribution in [0.5, 0.6) is 0 Å². The van der Waals surface area contributed by atoms with Crippen LogP contribution in [0.3, 0.4) is 0 Å². The van der Waals surface area contributed by atoms with E-state index >= 15 is 0 Å². The van der Waals surface area contributed by atoms with Gasteiger partial charge in [-0.05, 0) is 19.1 Å². The fourth-order valence-corrected chi connectivity index (χ4v) is 2.14. The van der Waals surface area contributed by atoms with E-state index in [2.05, 4.69) is 5.32 Å². The first-order valence-electron chi connectivity index (χ1n) is 4.41. The molecular weight excluding hydrogens is 206 g/mol. The third-order valence-electron chi connectivity index (χ3n) is 1.86. The van der Waals surface area contributed by atoms with Gasteiger partial charge in [0.15, 0.2) is 0 Å². The predicted molar refractivity (Wildman–Crippen MR) is 54.9 cm³/mol. The van der Waals surface area contributed by atoms with Gasteiger partial charge >= 0.3 is 0 Å².